The number of benzene rings is 1. The highest BCUT2D eigenvalue weighted by atomic mass is 16.6. The third-order valence-electron chi connectivity index (χ3n) is 2.28. The lowest BCUT2D eigenvalue weighted by molar-refractivity contribution is -0.384. The monoisotopic (exact) mass is 268 g/mol. The lowest BCUT2D eigenvalue weighted by atomic mass is 10.1. The number of amides is 1. The van der Waals surface area contributed by atoms with Gasteiger partial charge in [0, 0.05) is 17.7 Å². The van der Waals surface area contributed by atoms with Crippen LogP contribution in [0, 0.1) is 17.0 Å². The van der Waals surface area contributed by atoms with E-state index in [-0.39, 0.29) is 11.3 Å². The van der Waals surface area contributed by atoms with Crippen molar-refractivity contribution >= 4 is 17.6 Å². The van der Waals surface area contributed by atoms with Crippen LogP contribution in [-0.2, 0) is 4.79 Å². The fourth-order valence-corrected chi connectivity index (χ4v) is 1.38. The lowest BCUT2D eigenvalue weighted by Crippen LogP contribution is -2.36. The van der Waals surface area contributed by atoms with E-state index in [1.807, 2.05) is 0 Å². The molecule has 1 aromatic carbocycles. The van der Waals surface area contributed by atoms with Gasteiger partial charge in [0.1, 0.15) is 0 Å². The molecule has 0 bridgehead atoms. The van der Waals surface area contributed by atoms with Crippen molar-refractivity contribution < 1.29 is 24.7 Å². The van der Waals surface area contributed by atoms with E-state index in [1.54, 1.807) is 6.92 Å². The van der Waals surface area contributed by atoms with Crippen molar-refractivity contribution in [1.29, 1.82) is 0 Å². The molecule has 1 amide bonds. The molecule has 0 spiro atoms. The first-order valence-electron chi connectivity index (χ1n) is 5.26. The van der Waals surface area contributed by atoms with Crippen molar-refractivity contribution in [1.82, 2.24) is 5.32 Å². The maximum Gasteiger partial charge on any atom is 0.334 e. The van der Waals surface area contributed by atoms with Gasteiger partial charge in [-0.3, -0.25) is 14.9 Å². The highest BCUT2D eigenvalue weighted by Gasteiger charge is 2.17. The van der Waals surface area contributed by atoms with Gasteiger partial charge in [0.2, 0.25) is 0 Å². The number of non-ortho nitro benzene ring substituents is 1. The number of carbonyl (C=O) groups excluding carboxylic acids is 1. The van der Waals surface area contributed by atoms with Gasteiger partial charge in [-0.05, 0) is 18.6 Å². The van der Waals surface area contributed by atoms with Crippen molar-refractivity contribution in [3.8, 4) is 0 Å². The highest BCUT2D eigenvalue weighted by molar-refractivity contribution is 5.95. The molecular formula is C11H12N2O6. The van der Waals surface area contributed by atoms with Gasteiger partial charge in [-0.2, -0.15) is 0 Å². The molecule has 0 saturated carbocycles. The van der Waals surface area contributed by atoms with E-state index in [2.05, 4.69) is 5.32 Å². The number of hydrogen-bond acceptors (Lipinski definition) is 5. The predicted octanol–water partition coefficient (Wildman–Crippen LogP) is 0.0785. The Morgan fingerprint density at radius 1 is 1.42 bits per heavy atom. The number of aliphatic hydroxyl groups excluding tert-OH is 1. The summed E-state index contributed by atoms with van der Waals surface area (Å²) in [5.74, 6) is -2.15. The summed E-state index contributed by atoms with van der Waals surface area (Å²) >= 11 is 0. The van der Waals surface area contributed by atoms with Crippen LogP contribution in [0.2, 0.25) is 0 Å². The van der Waals surface area contributed by atoms with Crippen LogP contribution < -0.4 is 5.32 Å². The SMILES string of the molecule is Cc1cc(C(=O)NC[C@H](O)C(=O)O)cc([N+](=O)[O-])c1. The second-order valence-electron chi connectivity index (χ2n) is 3.88. The Hall–Kier alpha value is -2.48. The summed E-state index contributed by atoms with van der Waals surface area (Å²) in [4.78, 5) is 32.0. The molecule has 0 aromatic heterocycles. The van der Waals surface area contributed by atoms with Crippen LogP contribution in [0.15, 0.2) is 18.2 Å². The highest BCUT2D eigenvalue weighted by Crippen LogP contribution is 2.16. The summed E-state index contributed by atoms with van der Waals surface area (Å²) in [5, 5.41) is 30.3. The van der Waals surface area contributed by atoms with Crippen molar-refractivity contribution in [2.75, 3.05) is 6.54 Å². The quantitative estimate of drug-likeness (QED) is 0.512. The van der Waals surface area contributed by atoms with E-state index in [1.165, 1.54) is 12.1 Å². The fraction of sp³-hybridized carbons (Fsp3) is 0.273. The van der Waals surface area contributed by atoms with Crippen LogP contribution in [0.3, 0.4) is 0 Å². The van der Waals surface area contributed by atoms with Crippen molar-refractivity contribution in [3.05, 3.63) is 39.4 Å². The maximum absolute atomic E-state index is 11.7. The molecule has 0 radical (unpaired) electrons. The van der Waals surface area contributed by atoms with E-state index >= 15 is 0 Å². The minimum Gasteiger partial charge on any atom is -0.479 e. The first kappa shape index (κ1) is 14.6. The molecule has 0 aliphatic heterocycles. The topological polar surface area (TPSA) is 130 Å². The molecule has 1 aromatic rings. The van der Waals surface area contributed by atoms with Gasteiger partial charge >= 0.3 is 5.97 Å². The molecular weight excluding hydrogens is 256 g/mol. The first-order valence-corrected chi connectivity index (χ1v) is 5.26. The number of nitrogens with zero attached hydrogens (tertiary/aromatic N) is 1. The van der Waals surface area contributed by atoms with Gasteiger partial charge < -0.3 is 15.5 Å². The summed E-state index contributed by atoms with van der Waals surface area (Å²) in [6.45, 7) is 1.12. The number of carboxylic acid groups (broad SMARTS) is 1. The second-order valence-corrected chi connectivity index (χ2v) is 3.88. The van der Waals surface area contributed by atoms with Crippen molar-refractivity contribution in [3.63, 3.8) is 0 Å². The van der Waals surface area contributed by atoms with E-state index in [9.17, 15) is 19.7 Å². The summed E-state index contributed by atoms with van der Waals surface area (Å²) in [5.41, 5.74) is 0.325. The molecule has 102 valence electrons. The van der Waals surface area contributed by atoms with Gasteiger partial charge in [0.05, 0.1) is 11.5 Å². The lowest BCUT2D eigenvalue weighted by Gasteiger charge is -2.08. The second kappa shape index (κ2) is 5.91. The Morgan fingerprint density at radius 2 is 2.05 bits per heavy atom. The van der Waals surface area contributed by atoms with Gasteiger partial charge in [-0.1, -0.05) is 0 Å². The standard InChI is InChI=1S/C11H12N2O6/c1-6-2-7(4-8(3-6)13(18)19)10(15)12-5-9(14)11(16)17/h2-4,9,14H,5H2,1H3,(H,12,15)(H,16,17)/t9-/m0/s1. The smallest absolute Gasteiger partial charge is 0.334 e. The van der Waals surface area contributed by atoms with Crippen molar-refractivity contribution in [2.24, 2.45) is 0 Å². The number of nitrogens with one attached hydrogen (secondary N) is 1. The summed E-state index contributed by atoms with van der Waals surface area (Å²) in [6.07, 6.45) is -1.72. The third-order valence-corrected chi connectivity index (χ3v) is 2.28. The van der Waals surface area contributed by atoms with Gasteiger partial charge in [0.15, 0.2) is 6.10 Å². The Balaban J connectivity index is 2.82. The number of carbonyl (C=O) groups is 2. The number of rotatable bonds is 5. The minimum absolute atomic E-state index is 0.0317. The molecule has 0 aliphatic rings. The Kier molecular flexibility index (Phi) is 4.54. The summed E-state index contributed by atoms with van der Waals surface area (Å²) in [7, 11) is 0. The predicted molar refractivity (Wildman–Crippen MR) is 63.8 cm³/mol. The number of aliphatic hydroxyl groups is 1. The molecule has 0 saturated heterocycles. The molecule has 0 aliphatic carbocycles. The number of carboxylic acids is 1. The average Bonchev–Trinajstić information content (AvgIpc) is 2.34. The maximum atomic E-state index is 11.7. The van der Waals surface area contributed by atoms with E-state index in [0.717, 1.165) is 6.07 Å². The van der Waals surface area contributed by atoms with Crippen LogP contribution in [0.5, 0.6) is 0 Å². The zero-order valence-corrected chi connectivity index (χ0v) is 9.99. The summed E-state index contributed by atoms with van der Waals surface area (Å²) in [6, 6.07) is 3.81. The van der Waals surface area contributed by atoms with Gasteiger partial charge in [-0.25, -0.2) is 4.79 Å². The molecule has 0 heterocycles. The average molecular weight is 268 g/mol. The van der Waals surface area contributed by atoms with Gasteiger partial charge in [0.25, 0.3) is 11.6 Å². The molecule has 8 nitrogen and oxygen atoms in total. The number of nitro benzene ring substituents is 1. The number of hydrogen-bond donors (Lipinski definition) is 3. The molecule has 0 unspecified atom stereocenters. The number of aliphatic carboxylic acids is 1. The van der Waals surface area contributed by atoms with Crippen LogP contribution in [0.4, 0.5) is 5.69 Å². The Morgan fingerprint density at radius 3 is 2.58 bits per heavy atom. The molecule has 1 atom stereocenters. The zero-order chi connectivity index (χ0) is 14.6. The molecule has 0 fully saturated rings. The zero-order valence-electron chi connectivity index (χ0n) is 9.99. The first-order chi connectivity index (χ1) is 8.81. The third kappa shape index (κ3) is 4.03. The van der Waals surface area contributed by atoms with Crippen LogP contribution in [0.1, 0.15) is 15.9 Å². The Bertz CT molecular complexity index is 528. The number of nitro groups is 1. The number of aryl methyl sites for hydroxylation is 1. The summed E-state index contributed by atoms with van der Waals surface area (Å²) < 4.78 is 0. The molecule has 3 N–H and O–H groups in total. The van der Waals surface area contributed by atoms with Crippen LogP contribution in [0.25, 0.3) is 0 Å². The van der Waals surface area contributed by atoms with Gasteiger partial charge in [-0.15, -0.1) is 0 Å². The fourth-order valence-electron chi connectivity index (χ4n) is 1.38. The largest absolute Gasteiger partial charge is 0.479 e. The molecule has 19 heavy (non-hydrogen) atoms. The van der Waals surface area contributed by atoms with E-state index in [4.69, 9.17) is 10.2 Å². The normalized spacial score (nSPS) is 11.7. The molecule has 1 rings (SSSR count). The Labute approximate surface area is 107 Å². The van der Waals surface area contributed by atoms with E-state index in [0.29, 0.717) is 5.56 Å². The van der Waals surface area contributed by atoms with Crippen LogP contribution in [-0.4, -0.2) is 39.7 Å². The molecule has 8 heteroatoms. The van der Waals surface area contributed by atoms with Crippen LogP contribution >= 0.6 is 0 Å². The van der Waals surface area contributed by atoms with E-state index < -0.39 is 29.4 Å². The minimum atomic E-state index is -1.72. The van der Waals surface area contributed by atoms with Crippen molar-refractivity contribution in [2.45, 2.75) is 13.0 Å².